The molecule has 0 bridgehead atoms. The SMILES string of the molecule is NC(=O)N1CCC2(CCC(Nc3cnn(CCO)c3)CC2)C1. The lowest BCUT2D eigenvalue weighted by atomic mass is 9.72. The predicted molar refractivity (Wildman–Crippen MR) is 83.4 cm³/mol. The number of hydrogen-bond acceptors (Lipinski definition) is 4. The van der Waals surface area contributed by atoms with Crippen molar-refractivity contribution in [3.63, 3.8) is 0 Å². The van der Waals surface area contributed by atoms with Gasteiger partial charge in [0, 0.05) is 25.3 Å². The minimum atomic E-state index is -0.284. The predicted octanol–water partition coefficient (Wildman–Crippen LogP) is 1.00. The average Bonchev–Trinajstić information content (AvgIpc) is 3.10. The van der Waals surface area contributed by atoms with Gasteiger partial charge in [0.15, 0.2) is 0 Å². The van der Waals surface area contributed by atoms with Crippen molar-refractivity contribution in [1.29, 1.82) is 0 Å². The molecule has 2 aliphatic rings. The largest absolute Gasteiger partial charge is 0.394 e. The Morgan fingerprint density at radius 1 is 1.45 bits per heavy atom. The van der Waals surface area contributed by atoms with Crippen LogP contribution in [0.25, 0.3) is 0 Å². The highest BCUT2D eigenvalue weighted by Gasteiger charge is 2.41. The molecule has 2 fully saturated rings. The van der Waals surface area contributed by atoms with Gasteiger partial charge >= 0.3 is 6.03 Å². The van der Waals surface area contributed by atoms with Gasteiger partial charge in [0.05, 0.1) is 25.0 Å². The van der Waals surface area contributed by atoms with E-state index in [1.807, 2.05) is 12.4 Å². The van der Waals surface area contributed by atoms with E-state index in [1.165, 1.54) is 0 Å². The Morgan fingerprint density at radius 2 is 2.23 bits per heavy atom. The highest BCUT2D eigenvalue weighted by atomic mass is 16.3. The number of likely N-dealkylation sites (tertiary alicyclic amines) is 1. The highest BCUT2D eigenvalue weighted by molar-refractivity contribution is 5.72. The van der Waals surface area contributed by atoms with E-state index in [0.717, 1.165) is 50.9 Å². The van der Waals surface area contributed by atoms with E-state index in [1.54, 1.807) is 9.58 Å². The molecule has 3 rings (SSSR count). The van der Waals surface area contributed by atoms with Crippen LogP contribution in [-0.2, 0) is 6.54 Å². The van der Waals surface area contributed by atoms with E-state index >= 15 is 0 Å². The summed E-state index contributed by atoms with van der Waals surface area (Å²) in [5.41, 5.74) is 6.69. The maximum atomic E-state index is 11.3. The lowest BCUT2D eigenvalue weighted by Crippen LogP contribution is -2.39. The Morgan fingerprint density at radius 3 is 2.86 bits per heavy atom. The summed E-state index contributed by atoms with van der Waals surface area (Å²) in [5, 5.41) is 16.6. The molecular weight excluding hydrogens is 282 g/mol. The van der Waals surface area contributed by atoms with Crippen molar-refractivity contribution in [2.45, 2.75) is 44.7 Å². The van der Waals surface area contributed by atoms with Gasteiger partial charge in [0.1, 0.15) is 0 Å². The number of nitrogens with zero attached hydrogens (tertiary/aromatic N) is 3. The van der Waals surface area contributed by atoms with Crippen molar-refractivity contribution in [3.8, 4) is 0 Å². The van der Waals surface area contributed by atoms with Crippen LogP contribution in [0.1, 0.15) is 32.1 Å². The van der Waals surface area contributed by atoms with E-state index in [4.69, 9.17) is 10.8 Å². The maximum absolute atomic E-state index is 11.3. The first-order valence-electron chi connectivity index (χ1n) is 8.04. The van der Waals surface area contributed by atoms with E-state index in [-0.39, 0.29) is 18.1 Å². The third-order valence-electron chi connectivity index (χ3n) is 5.13. The molecule has 0 atom stereocenters. The molecule has 7 nitrogen and oxygen atoms in total. The van der Waals surface area contributed by atoms with Gasteiger partial charge in [-0.1, -0.05) is 0 Å². The number of primary amides is 1. The normalized spacial score (nSPS) is 28.2. The third kappa shape index (κ3) is 3.19. The second-order valence-electron chi connectivity index (χ2n) is 6.64. The first kappa shape index (κ1) is 15.1. The van der Waals surface area contributed by atoms with Gasteiger partial charge < -0.3 is 21.1 Å². The molecule has 2 amide bonds. The van der Waals surface area contributed by atoms with Gasteiger partial charge in [0.25, 0.3) is 0 Å². The number of aromatic nitrogens is 2. The summed E-state index contributed by atoms with van der Waals surface area (Å²) in [6.45, 7) is 2.26. The number of anilines is 1. The molecule has 0 unspecified atom stereocenters. The van der Waals surface area contributed by atoms with Gasteiger partial charge in [-0.3, -0.25) is 4.68 Å². The Labute approximate surface area is 130 Å². The number of aliphatic hydroxyl groups excluding tert-OH is 1. The average molecular weight is 307 g/mol. The number of nitrogens with two attached hydrogens (primary N) is 1. The summed E-state index contributed by atoms with van der Waals surface area (Å²) in [6.07, 6.45) is 9.32. The molecule has 1 aromatic rings. The molecule has 1 aliphatic carbocycles. The van der Waals surface area contributed by atoms with E-state index in [2.05, 4.69) is 10.4 Å². The Kier molecular flexibility index (Phi) is 4.24. The van der Waals surface area contributed by atoms with Crippen LogP contribution in [0.15, 0.2) is 12.4 Å². The number of aliphatic hydroxyl groups is 1. The number of carbonyl (C=O) groups excluding carboxylic acids is 1. The van der Waals surface area contributed by atoms with Crippen molar-refractivity contribution >= 4 is 11.7 Å². The molecule has 0 aromatic carbocycles. The second-order valence-corrected chi connectivity index (χ2v) is 6.64. The van der Waals surface area contributed by atoms with Crippen LogP contribution in [0.2, 0.25) is 0 Å². The van der Waals surface area contributed by atoms with Crippen LogP contribution < -0.4 is 11.1 Å². The van der Waals surface area contributed by atoms with Crippen LogP contribution in [0.3, 0.4) is 0 Å². The Balaban J connectivity index is 1.50. The van der Waals surface area contributed by atoms with Crippen molar-refractivity contribution in [3.05, 3.63) is 12.4 Å². The Hall–Kier alpha value is -1.76. The van der Waals surface area contributed by atoms with Gasteiger partial charge in [-0.05, 0) is 37.5 Å². The first-order chi connectivity index (χ1) is 10.6. The maximum Gasteiger partial charge on any atom is 0.314 e. The van der Waals surface area contributed by atoms with Crippen molar-refractivity contribution < 1.29 is 9.90 Å². The van der Waals surface area contributed by atoms with Crippen LogP contribution in [-0.4, -0.2) is 51.6 Å². The fourth-order valence-electron chi connectivity index (χ4n) is 3.80. The number of urea groups is 1. The molecule has 7 heteroatoms. The summed E-state index contributed by atoms with van der Waals surface area (Å²) in [4.78, 5) is 13.1. The second kappa shape index (κ2) is 6.16. The lowest BCUT2D eigenvalue weighted by molar-refractivity contribution is 0.177. The van der Waals surface area contributed by atoms with Gasteiger partial charge in [0.2, 0.25) is 0 Å². The smallest absolute Gasteiger partial charge is 0.314 e. The number of amides is 2. The number of nitrogens with one attached hydrogen (secondary N) is 1. The summed E-state index contributed by atoms with van der Waals surface area (Å²) in [6, 6.07) is 0.174. The van der Waals surface area contributed by atoms with Crippen molar-refractivity contribution in [1.82, 2.24) is 14.7 Å². The molecule has 1 spiro atoms. The highest BCUT2D eigenvalue weighted by Crippen LogP contribution is 2.44. The zero-order chi connectivity index (χ0) is 15.6. The molecule has 1 saturated heterocycles. The number of carbonyl (C=O) groups is 1. The van der Waals surface area contributed by atoms with Crippen LogP contribution in [0.4, 0.5) is 10.5 Å². The number of rotatable bonds is 4. The monoisotopic (exact) mass is 307 g/mol. The van der Waals surface area contributed by atoms with Gasteiger partial charge in [-0.15, -0.1) is 0 Å². The standard InChI is InChI=1S/C15H25N5O2/c16-14(22)19-6-5-15(11-19)3-1-12(2-4-15)18-13-9-17-20(10-13)7-8-21/h9-10,12,18,21H,1-8,11H2,(H2,16,22). The molecule has 22 heavy (non-hydrogen) atoms. The van der Waals surface area contributed by atoms with E-state index < -0.39 is 0 Å². The van der Waals surface area contributed by atoms with Crippen molar-refractivity contribution in [2.24, 2.45) is 11.1 Å². The first-order valence-corrected chi connectivity index (χ1v) is 8.04. The molecular formula is C15H25N5O2. The topological polar surface area (TPSA) is 96.4 Å². The molecule has 1 saturated carbocycles. The Bertz CT molecular complexity index is 522. The summed E-state index contributed by atoms with van der Waals surface area (Å²) < 4.78 is 1.74. The summed E-state index contributed by atoms with van der Waals surface area (Å²) in [7, 11) is 0. The fourth-order valence-corrected chi connectivity index (χ4v) is 3.80. The molecule has 1 aliphatic heterocycles. The zero-order valence-electron chi connectivity index (χ0n) is 12.9. The third-order valence-corrected chi connectivity index (χ3v) is 5.13. The summed E-state index contributed by atoms with van der Waals surface area (Å²) >= 11 is 0. The van der Waals surface area contributed by atoms with Crippen LogP contribution in [0.5, 0.6) is 0 Å². The molecule has 122 valence electrons. The van der Waals surface area contributed by atoms with Crippen LogP contribution >= 0.6 is 0 Å². The zero-order valence-corrected chi connectivity index (χ0v) is 12.9. The van der Waals surface area contributed by atoms with Crippen molar-refractivity contribution in [2.75, 3.05) is 25.0 Å². The molecule has 1 aromatic heterocycles. The van der Waals surface area contributed by atoms with Gasteiger partial charge in [-0.2, -0.15) is 5.10 Å². The minimum Gasteiger partial charge on any atom is -0.394 e. The van der Waals surface area contributed by atoms with E-state index in [9.17, 15) is 4.79 Å². The van der Waals surface area contributed by atoms with E-state index in [0.29, 0.717) is 12.6 Å². The lowest BCUT2D eigenvalue weighted by Gasteiger charge is -2.37. The minimum absolute atomic E-state index is 0.101. The quantitative estimate of drug-likeness (QED) is 0.773. The van der Waals surface area contributed by atoms with Gasteiger partial charge in [-0.25, -0.2) is 4.79 Å². The fraction of sp³-hybridized carbons (Fsp3) is 0.733. The summed E-state index contributed by atoms with van der Waals surface area (Å²) in [5.74, 6) is 0. The van der Waals surface area contributed by atoms with Crippen LogP contribution in [0, 0.1) is 5.41 Å². The molecule has 4 N–H and O–H groups in total. The molecule has 2 heterocycles. The molecule has 0 radical (unpaired) electrons. The number of hydrogen-bond donors (Lipinski definition) is 3.